The van der Waals surface area contributed by atoms with Gasteiger partial charge >= 0.3 is 0 Å². The standard InChI is InChI=1S/C24H18Cl2N2O3S/c1-30-22-12-17(6-11-21(22)31-13-15-2-7-18(25)8-3-15)23(29)28-24-27-20(14-32-24)16-4-9-19(26)10-5-16/h2-12,14H,13H2,1H3,(H,27,28,29). The molecule has 0 unspecified atom stereocenters. The summed E-state index contributed by atoms with van der Waals surface area (Å²) in [6.07, 6.45) is 0. The summed E-state index contributed by atoms with van der Waals surface area (Å²) < 4.78 is 11.3. The first-order valence-electron chi connectivity index (χ1n) is 9.60. The fourth-order valence-electron chi connectivity index (χ4n) is 2.92. The van der Waals surface area contributed by atoms with Gasteiger partial charge in [-0.2, -0.15) is 0 Å². The lowest BCUT2D eigenvalue weighted by molar-refractivity contribution is 0.102. The Morgan fingerprint density at radius 1 is 0.969 bits per heavy atom. The van der Waals surface area contributed by atoms with Crippen LogP contribution in [0.1, 0.15) is 15.9 Å². The van der Waals surface area contributed by atoms with E-state index in [1.54, 1.807) is 30.3 Å². The summed E-state index contributed by atoms with van der Waals surface area (Å²) in [7, 11) is 1.53. The summed E-state index contributed by atoms with van der Waals surface area (Å²) >= 11 is 13.2. The molecule has 0 atom stereocenters. The van der Waals surface area contributed by atoms with Gasteiger partial charge in [-0.05, 0) is 48.0 Å². The highest BCUT2D eigenvalue weighted by Gasteiger charge is 2.14. The number of hydrogen-bond acceptors (Lipinski definition) is 5. The summed E-state index contributed by atoms with van der Waals surface area (Å²) in [5.41, 5.74) is 3.10. The van der Waals surface area contributed by atoms with Crippen LogP contribution in [0.15, 0.2) is 72.1 Å². The number of carbonyl (C=O) groups is 1. The number of benzene rings is 3. The second kappa shape index (κ2) is 10.0. The maximum Gasteiger partial charge on any atom is 0.257 e. The van der Waals surface area contributed by atoms with Crippen molar-refractivity contribution in [3.05, 3.63) is 93.3 Å². The van der Waals surface area contributed by atoms with E-state index in [1.807, 2.05) is 41.8 Å². The largest absolute Gasteiger partial charge is 0.493 e. The number of hydrogen-bond donors (Lipinski definition) is 1. The monoisotopic (exact) mass is 484 g/mol. The Bertz CT molecular complexity index is 1220. The van der Waals surface area contributed by atoms with Crippen LogP contribution in [-0.4, -0.2) is 18.0 Å². The molecule has 4 rings (SSSR count). The zero-order chi connectivity index (χ0) is 22.5. The number of ether oxygens (including phenoxy) is 2. The molecule has 32 heavy (non-hydrogen) atoms. The molecule has 1 heterocycles. The third-order valence-corrected chi connectivity index (χ3v) is 5.86. The molecular formula is C24H18Cl2N2O3S. The second-order valence-corrected chi connectivity index (χ2v) is 8.51. The summed E-state index contributed by atoms with van der Waals surface area (Å²) in [6, 6.07) is 19.8. The topological polar surface area (TPSA) is 60.5 Å². The molecule has 1 aromatic heterocycles. The average molecular weight is 485 g/mol. The summed E-state index contributed by atoms with van der Waals surface area (Å²) in [4.78, 5) is 17.2. The van der Waals surface area contributed by atoms with E-state index in [2.05, 4.69) is 10.3 Å². The molecule has 1 amide bonds. The smallest absolute Gasteiger partial charge is 0.257 e. The maximum absolute atomic E-state index is 12.7. The van der Waals surface area contributed by atoms with Crippen molar-refractivity contribution in [2.75, 3.05) is 12.4 Å². The zero-order valence-electron chi connectivity index (χ0n) is 17.0. The van der Waals surface area contributed by atoms with Crippen molar-refractivity contribution in [2.24, 2.45) is 0 Å². The number of carbonyl (C=O) groups excluding carboxylic acids is 1. The first-order valence-corrected chi connectivity index (χ1v) is 11.2. The van der Waals surface area contributed by atoms with Crippen LogP contribution in [0.5, 0.6) is 11.5 Å². The van der Waals surface area contributed by atoms with Gasteiger partial charge in [0.2, 0.25) is 0 Å². The lowest BCUT2D eigenvalue weighted by Gasteiger charge is -2.12. The first-order chi connectivity index (χ1) is 15.5. The second-order valence-electron chi connectivity index (χ2n) is 6.78. The van der Waals surface area contributed by atoms with Gasteiger partial charge in [-0.1, -0.05) is 47.5 Å². The maximum atomic E-state index is 12.7. The zero-order valence-corrected chi connectivity index (χ0v) is 19.3. The van der Waals surface area contributed by atoms with Crippen LogP contribution in [0.2, 0.25) is 10.0 Å². The van der Waals surface area contributed by atoms with Gasteiger partial charge in [-0.15, -0.1) is 11.3 Å². The SMILES string of the molecule is COc1cc(C(=O)Nc2nc(-c3ccc(Cl)cc3)cs2)ccc1OCc1ccc(Cl)cc1. The fourth-order valence-corrected chi connectivity index (χ4v) is 3.89. The van der Waals surface area contributed by atoms with Crippen LogP contribution in [0, 0.1) is 0 Å². The molecule has 0 aliphatic heterocycles. The summed E-state index contributed by atoms with van der Waals surface area (Å²) in [5, 5.41) is 6.54. The molecule has 1 N–H and O–H groups in total. The molecule has 0 bridgehead atoms. The molecule has 0 fully saturated rings. The number of rotatable bonds is 7. The fraction of sp³-hybridized carbons (Fsp3) is 0.0833. The van der Waals surface area contributed by atoms with Gasteiger partial charge in [-0.3, -0.25) is 10.1 Å². The van der Waals surface area contributed by atoms with Gasteiger partial charge in [0.25, 0.3) is 5.91 Å². The van der Waals surface area contributed by atoms with Gasteiger partial charge in [0.1, 0.15) is 6.61 Å². The number of nitrogens with one attached hydrogen (secondary N) is 1. The van der Waals surface area contributed by atoms with Crippen molar-refractivity contribution in [1.82, 2.24) is 4.98 Å². The molecule has 0 radical (unpaired) electrons. The van der Waals surface area contributed by atoms with Crippen LogP contribution in [-0.2, 0) is 6.61 Å². The van der Waals surface area contributed by atoms with Crippen molar-refractivity contribution < 1.29 is 14.3 Å². The van der Waals surface area contributed by atoms with Crippen LogP contribution in [0.3, 0.4) is 0 Å². The van der Waals surface area contributed by atoms with Gasteiger partial charge in [-0.25, -0.2) is 4.98 Å². The lowest BCUT2D eigenvalue weighted by atomic mass is 10.2. The number of nitrogens with zero attached hydrogens (tertiary/aromatic N) is 1. The van der Waals surface area contributed by atoms with E-state index in [0.29, 0.717) is 38.8 Å². The van der Waals surface area contributed by atoms with E-state index in [1.165, 1.54) is 18.4 Å². The third-order valence-electron chi connectivity index (χ3n) is 4.60. The average Bonchev–Trinajstić information content (AvgIpc) is 3.27. The molecule has 0 aliphatic carbocycles. The summed E-state index contributed by atoms with van der Waals surface area (Å²) in [5.74, 6) is 0.718. The molecular weight excluding hydrogens is 467 g/mol. The van der Waals surface area contributed by atoms with Crippen LogP contribution < -0.4 is 14.8 Å². The van der Waals surface area contributed by atoms with E-state index in [9.17, 15) is 4.79 Å². The van der Waals surface area contributed by atoms with Crippen LogP contribution in [0.25, 0.3) is 11.3 Å². The van der Waals surface area contributed by atoms with E-state index < -0.39 is 0 Å². The van der Waals surface area contributed by atoms with Crippen LogP contribution in [0.4, 0.5) is 5.13 Å². The van der Waals surface area contributed by atoms with Crippen LogP contribution >= 0.6 is 34.5 Å². The number of amides is 1. The summed E-state index contributed by atoms with van der Waals surface area (Å²) in [6.45, 7) is 0.353. The van der Waals surface area contributed by atoms with Crippen molar-refractivity contribution in [3.63, 3.8) is 0 Å². The molecule has 4 aromatic rings. The van der Waals surface area contributed by atoms with Gasteiger partial charge < -0.3 is 9.47 Å². The Labute approximate surface area is 199 Å². The normalized spacial score (nSPS) is 10.6. The molecule has 5 nitrogen and oxygen atoms in total. The number of methoxy groups -OCH3 is 1. The minimum absolute atomic E-state index is 0.287. The highest BCUT2D eigenvalue weighted by atomic mass is 35.5. The third kappa shape index (κ3) is 5.40. The Kier molecular flexibility index (Phi) is 6.95. The Morgan fingerprint density at radius 2 is 1.66 bits per heavy atom. The Hall–Kier alpha value is -3.06. The predicted octanol–water partition coefficient (Wildman–Crippen LogP) is 6.96. The van der Waals surface area contributed by atoms with E-state index in [0.717, 1.165) is 16.8 Å². The Morgan fingerprint density at radius 3 is 2.34 bits per heavy atom. The van der Waals surface area contributed by atoms with Gasteiger partial charge in [0.15, 0.2) is 16.6 Å². The van der Waals surface area contributed by atoms with Crippen molar-refractivity contribution in [3.8, 4) is 22.8 Å². The van der Waals surface area contributed by atoms with Crippen molar-refractivity contribution >= 4 is 45.6 Å². The van der Waals surface area contributed by atoms with E-state index in [-0.39, 0.29) is 5.91 Å². The molecule has 0 spiro atoms. The molecule has 0 saturated carbocycles. The quantitative estimate of drug-likeness (QED) is 0.308. The molecule has 0 saturated heterocycles. The number of aromatic nitrogens is 1. The predicted molar refractivity (Wildman–Crippen MR) is 129 cm³/mol. The minimum atomic E-state index is -0.287. The van der Waals surface area contributed by atoms with Gasteiger partial charge in [0.05, 0.1) is 12.8 Å². The highest BCUT2D eigenvalue weighted by molar-refractivity contribution is 7.14. The minimum Gasteiger partial charge on any atom is -0.493 e. The number of anilines is 1. The van der Waals surface area contributed by atoms with Gasteiger partial charge in [0, 0.05) is 26.6 Å². The van der Waals surface area contributed by atoms with E-state index in [4.69, 9.17) is 32.7 Å². The first kappa shape index (κ1) is 22.1. The Balaban J connectivity index is 1.43. The van der Waals surface area contributed by atoms with Crippen molar-refractivity contribution in [1.29, 1.82) is 0 Å². The highest BCUT2D eigenvalue weighted by Crippen LogP contribution is 2.30. The van der Waals surface area contributed by atoms with E-state index >= 15 is 0 Å². The molecule has 162 valence electrons. The number of halogens is 2. The molecule has 3 aromatic carbocycles. The molecule has 0 aliphatic rings. The molecule has 8 heteroatoms. The lowest BCUT2D eigenvalue weighted by Crippen LogP contribution is -2.12. The van der Waals surface area contributed by atoms with Crippen molar-refractivity contribution in [2.45, 2.75) is 6.61 Å². The number of thiazole rings is 1.